The number of nitrogens with one attached hydrogen (secondary N) is 1. The zero-order chi connectivity index (χ0) is 21.9. The van der Waals surface area contributed by atoms with Crippen molar-refractivity contribution in [3.63, 3.8) is 0 Å². The molecule has 1 aromatic heterocycles. The molecule has 1 aliphatic carbocycles. The minimum atomic E-state index is -0.458. The van der Waals surface area contributed by atoms with Crippen LogP contribution in [0.1, 0.15) is 43.4 Å². The SMILES string of the molecule is C=CCOC[C@@H](O)C[NH+](Cc1cccn1Cc1cccc(OC)c1)CC1CCCCC1. The van der Waals surface area contributed by atoms with Gasteiger partial charge in [0.2, 0.25) is 0 Å². The second-order valence-electron chi connectivity index (χ2n) is 8.80. The lowest BCUT2D eigenvalue weighted by molar-refractivity contribution is -0.920. The van der Waals surface area contributed by atoms with Gasteiger partial charge in [-0.05, 0) is 42.7 Å². The van der Waals surface area contributed by atoms with E-state index in [9.17, 15) is 5.11 Å². The molecule has 1 unspecified atom stereocenters. The first-order valence-corrected chi connectivity index (χ1v) is 11.6. The Hall–Kier alpha value is -2.08. The van der Waals surface area contributed by atoms with E-state index in [0.29, 0.717) is 19.8 Å². The van der Waals surface area contributed by atoms with E-state index in [1.54, 1.807) is 13.2 Å². The molecule has 31 heavy (non-hydrogen) atoms. The summed E-state index contributed by atoms with van der Waals surface area (Å²) in [4.78, 5) is 1.44. The van der Waals surface area contributed by atoms with Gasteiger partial charge in [-0.25, -0.2) is 0 Å². The van der Waals surface area contributed by atoms with Gasteiger partial charge in [0, 0.05) is 18.7 Å². The fraction of sp³-hybridized carbons (Fsp3) is 0.538. The predicted octanol–water partition coefficient (Wildman–Crippen LogP) is 3.07. The zero-order valence-corrected chi connectivity index (χ0v) is 19.0. The van der Waals surface area contributed by atoms with Crippen molar-refractivity contribution in [1.29, 1.82) is 0 Å². The third-order valence-electron chi connectivity index (χ3n) is 6.21. The summed E-state index contributed by atoms with van der Waals surface area (Å²) in [5.74, 6) is 1.64. The number of aliphatic hydroxyl groups excluding tert-OH is 1. The normalized spacial score (nSPS) is 16.7. The van der Waals surface area contributed by atoms with E-state index in [4.69, 9.17) is 9.47 Å². The highest BCUT2D eigenvalue weighted by molar-refractivity contribution is 5.29. The maximum absolute atomic E-state index is 10.6. The number of benzene rings is 1. The Morgan fingerprint density at radius 2 is 2.06 bits per heavy atom. The van der Waals surface area contributed by atoms with Crippen molar-refractivity contribution in [3.8, 4) is 5.75 Å². The minimum Gasteiger partial charge on any atom is -0.497 e. The smallest absolute Gasteiger partial charge is 0.126 e. The molecule has 0 radical (unpaired) electrons. The quantitative estimate of drug-likeness (QED) is 0.382. The molecule has 1 fully saturated rings. The average molecular weight is 428 g/mol. The van der Waals surface area contributed by atoms with E-state index >= 15 is 0 Å². The van der Waals surface area contributed by atoms with Gasteiger partial charge in [-0.1, -0.05) is 37.5 Å². The summed E-state index contributed by atoms with van der Waals surface area (Å²) >= 11 is 0. The molecule has 0 spiro atoms. The lowest BCUT2D eigenvalue weighted by atomic mass is 9.89. The first kappa shape index (κ1) is 23.6. The predicted molar refractivity (Wildman–Crippen MR) is 125 cm³/mol. The van der Waals surface area contributed by atoms with E-state index in [-0.39, 0.29) is 0 Å². The molecule has 2 N–H and O–H groups in total. The summed E-state index contributed by atoms with van der Waals surface area (Å²) < 4.78 is 13.2. The van der Waals surface area contributed by atoms with Crippen molar-refractivity contribution in [2.45, 2.75) is 51.3 Å². The van der Waals surface area contributed by atoms with Crippen molar-refractivity contribution < 1.29 is 19.5 Å². The van der Waals surface area contributed by atoms with E-state index < -0.39 is 6.10 Å². The zero-order valence-electron chi connectivity index (χ0n) is 19.0. The van der Waals surface area contributed by atoms with Crippen LogP contribution in [0.5, 0.6) is 5.75 Å². The maximum Gasteiger partial charge on any atom is 0.126 e. The van der Waals surface area contributed by atoms with Crippen LogP contribution in [0, 0.1) is 5.92 Å². The summed E-state index contributed by atoms with van der Waals surface area (Å²) in [5, 5.41) is 10.6. The topological polar surface area (TPSA) is 48.1 Å². The second-order valence-corrected chi connectivity index (χ2v) is 8.80. The van der Waals surface area contributed by atoms with Gasteiger partial charge in [-0.2, -0.15) is 0 Å². The highest BCUT2D eigenvalue weighted by atomic mass is 16.5. The first-order valence-electron chi connectivity index (χ1n) is 11.6. The van der Waals surface area contributed by atoms with Crippen molar-refractivity contribution in [1.82, 2.24) is 4.57 Å². The third kappa shape index (κ3) is 7.84. The molecular weight excluding hydrogens is 388 g/mol. The number of aliphatic hydroxyl groups is 1. The van der Waals surface area contributed by atoms with E-state index in [0.717, 1.165) is 31.3 Å². The summed E-state index contributed by atoms with van der Waals surface area (Å²) in [5.41, 5.74) is 2.52. The molecule has 5 heteroatoms. The lowest BCUT2D eigenvalue weighted by Gasteiger charge is -2.29. The summed E-state index contributed by atoms with van der Waals surface area (Å²) in [6.45, 7) is 8.08. The second kappa shape index (κ2) is 12.7. The van der Waals surface area contributed by atoms with Gasteiger partial charge in [0.05, 0.1) is 32.6 Å². The van der Waals surface area contributed by atoms with Crippen LogP contribution in [-0.4, -0.2) is 49.2 Å². The first-order chi connectivity index (χ1) is 15.2. The number of aromatic nitrogens is 1. The number of nitrogens with zero attached hydrogens (tertiary/aromatic N) is 1. The Labute approximate surface area is 187 Å². The van der Waals surface area contributed by atoms with Gasteiger partial charge in [-0.3, -0.25) is 0 Å². The van der Waals surface area contributed by atoms with Gasteiger partial charge < -0.3 is 24.0 Å². The Morgan fingerprint density at radius 3 is 2.84 bits per heavy atom. The van der Waals surface area contributed by atoms with Crippen molar-refractivity contribution >= 4 is 0 Å². The summed E-state index contributed by atoms with van der Waals surface area (Å²) in [6.07, 6.45) is 10.1. The van der Waals surface area contributed by atoms with Crippen molar-refractivity contribution in [3.05, 3.63) is 66.5 Å². The monoisotopic (exact) mass is 427 g/mol. The summed E-state index contributed by atoms with van der Waals surface area (Å²) in [6, 6.07) is 12.6. The van der Waals surface area contributed by atoms with Gasteiger partial charge >= 0.3 is 0 Å². The Balaban J connectivity index is 1.66. The molecule has 2 atom stereocenters. The number of methoxy groups -OCH3 is 1. The number of quaternary nitrogens is 1. The van der Waals surface area contributed by atoms with Gasteiger partial charge in [-0.15, -0.1) is 6.58 Å². The number of hydrogen-bond donors (Lipinski definition) is 2. The van der Waals surface area contributed by atoms with Crippen LogP contribution in [0.25, 0.3) is 0 Å². The van der Waals surface area contributed by atoms with Gasteiger partial charge in [0.1, 0.15) is 24.9 Å². The molecule has 1 aliphatic rings. The van der Waals surface area contributed by atoms with Crippen molar-refractivity contribution in [2.75, 3.05) is 33.4 Å². The number of hydrogen-bond acceptors (Lipinski definition) is 3. The molecular formula is C26H39N2O3+. The van der Waals surface area contributed by atoms with Crippen LogP contribution in [0.15, 0.2) is 55.3 Å². The highest BCUT2D eigenvalue weighted by Crippen LogP contribution is 2.22. The molecule has 1 heterocycles. The Morgan fingerprint density at radius 1 is 1.23 bits per heavy atom. The molecule has 1 saturated carbocycles. The lowest BCUT2D eigenvalue weighted by Crippen LogP contribution is -3.12. The molecule has 3 rings (SSSR count). The largest absolute Gasteiger partial charge is 0.497 e. The molecule has 0 aliphatic heterocycles. The fourth-order valence-electron chi connectivity index (χ4n) is 4.69. The van der Waals surface area contributed by atoms with E-state index in [2.05, 4.69) is 41.6 Å². The molecule has 0 amide bonds. The maximum atomic E-state index is 10.6. The van der Waals surface area contributed by atoms with Crippen LogP contribution < -0.4 is 9.64 Å². The number of rotatable bonds is 13. The van der Waals surface area contributed by atoms with E-state index in [1.807, 2.05) is 12.1 Å². The third-order valence-corrected chi connectivity index (χ3v) is 6.21. The molecule has 2 aromatic rings. The highest BCUT2D eigenvalue weighted by Gasteiger charge is 2.23. The minimum absolute atomic E-state index is 0.366. The van der Waals surface area contributed by atoms with Gasteiger partial charge in [0.25, 0.3) is 0 Å². The molecule has 5 nitrogen and oxygen atoms in total. The van der Waals surface area contributed by atoms with E-state index in [1.165, 1.54) is 48.3 Å². The van der Waals surface area contributed by atoms with Crippen LogP contribution in [-0.2, 0) is 17.8 Å². The van der Waals surface area contributed by atoms with Crippen LogP contribution in [0.2, 0.25) is 0 Å². The van der Waals surface area contributed by atoms with Gasteiger partial charge in [0.15, 0.2) is 0 Å². The van der Waals surface area contributed by atoms with Crippen LogP contribution >= 0.6 is 0 Å². The average Bonchev–Trinajstić information content (AvgIpc) is 3.21. The number of ether oxygens (including phenoxy) is 2. The van der Waals surface area contributed by atoms with Crippen LogP contribution in [0.4, 0.5) is 0 Å². The molecule has 1 aromatic carbocycles. The molecule has 170 valence electrons. The van der Waals surface area contributed by atoms with Crippen molar-refractivity contribution in [2.24, 2.45) is 5.92 Å². The molecule has 0 saturated heterocycles. The standard InChI is InChI=1S/C26H38N2O3/c1-3-15-31-21-25(29)20-27(17-22-9-5-4-6-10-22)19-24-12-8-14-28(24)18-23-11-7-13-26(16-23)30-2/h3,7-8,11-14,16,22,25,29H,1,4-6,9-10,15,17-21H2,2H3/p+1/t25-/m0/s1. The van der Waals surface area contributed by atoms with Crippen LogP contribution in [0.3, 0.4) is 0 Å². The Bertz CT molecular complexity index is 782. The molecule has 0 bridgehead atoms. The fourth-order valence-corrected chi connectivity index (χ4v) is 4.69. The Kier molecular flexibility index (Phi) is 9.66. The summed E-state index contributed by atoms with van der Waals surface area (Å²) in [7, 11) is 1.71.